The molecule has 2 aromatic heterocycles. The van der Waals surface area contributed by atoms with E-state index in [9.17, 15) is 4.79 Å². The Morgan fingerprint density at radius 3 is 3.04 bits per heavy atom. The fourth-order valence-corrected chi connectivity index (χ4v) is 3.06. The quantitative estimate of drug-likeness (QED) is 0.913. The Balaban J connectivity index is 1.78. The van der Waals surface area contributed by atoms with Gasteiger partial charge in [0.15, 0.2) is 5.82 Å². The Morgan fingerprint density at radius 1 is 1.52 bits per heavy atom. The molecule has 1 saturated heterocycles. The summed E-state index contributed by atoms with van der Waals surface area (Å²) in [5, 5.41) is 3.97. The van der Waals surface area contributed by atoms with Gasteiger partial charge in [0.25, 0.3) is 5.91 Å². The van der Waals surface area contributed by atoms with Gasteiger partial charge in [0.05, 0.1) is 6.61 Å². The molecule has 1 N–H and O–H groups in total. The standard InChI is InChI=1S/C16H22N4O3/c1-10-9-11(2)17-14(10)16(21)20-7-4-5-12(20)15-18-13(19-23-15)6-8-22-3/h9,12,17H,4-8H2,1-3H3/t12-/m0/s1. The van der Waals surface area contributed by atoms with E-state index in [0.29, 0.717) is 37.0 Å². The van der Waals surface area contributed by atoms with Gasteiger partial charge in [0.2, 0.25) is 5.89 Å². The van der Waals surface area contributed by atoms with Gasteiger partial charge in [-0.2, -0.15) is 4.98 Å². The summed E-state index contributed by atoms with van der Waals surface area (Å²) in [5.41, 5.74) is 2.60. The third kappa shape index (κ3) is 3.14. The number of nitrogens with zero attached hydrogens (tertiary/aromatic N) is 3. The third-order valence-corrected chi connectivity index (χ3v) is 4.18. The van der Waals surface area contributed by atoms with Crippen LogP contribution in [-0.4, -0.2) is 46.2 Å². The Hall–Kier alpha value is -2.15. The highest BCUT2D eigenvalue weighted by Crippen LogP contribution is 2.32. The number of aryl methyl sites for hydroxylation is 2. The van der Waals surface area contributed by atoms with Crippen LogP contribution in [0.2, 0.25) is 0 Å². The molecule has 0 bridgehead atoms. The summed E-state index contributed by atoms with van der Waals surface area (Å²) in [7, 11) is 1.64. The van der Waals surface area contributed by atoms with Crippen molar-refractivity contribution in [3.8, 4) is 0 Å². The monoisotopic (exact) mass is 318 g/mol. The van der Waals surface area contributed by atoms with E-state index in [0.717, 1.165) is 24.1 Å². The first kappa shape index (κ1) is 15.7. The third-order valence-electron chi connectivity index (χ3n) is 4.18. The first-order chi connectivity index (χ1) is 11.1. The first-order valence-corrected chi connectivity index (χ1v) is 7.88. The Kier molecular flexibility index (Phi) is 4.47. The van der Waals surface area contributed by atoms with Crippen LogP contribution in [0.1, 0.15) is 52.3 Å². The van der Waals surface area contributed by atoms with Gasteiger partial charge in [-0.15, -0.1) is 0 Å². The van der Waals surface area contributed by atoms with Crippen molar-refractivity contribution in [2.24, 2.45) is 0 Å². The average Bonchev–Trinajstić information content (AvgIpc) is 3.23. The number of ether oxygens (including phenoxy) is 1. The average molecular weight is 318 g/mol. The van der Waals surface area contributed by atoms with E-state index < -0.39 is 0 Å². The molecule has 0 unspecified atom stereocenters. The molecule has 0 aromatic carbocycles. The van der Waals surface area contributed by atoms with Crippen LogP contribution in [-0.2, 0) is 11.2 Å². The molecule has 2 aromatic rings. The predicted molar refractivity (Wildman–Crippen MR) is 83.2 cm³/mol. The second kappa shape index (κ2) is 6.54. The number of methoxy groups -OCH3 is 1. The molecular weight excluding hydrogens is 296 g/mol. The maximum atomic E-state index is 12.8. The van der Waals surface area contributed by atoms with Gasteiger partial charge >= 0.3 is 0 Å². The van der Waals surface area contributed by atoms with Crippen molar-refractivity contribution < 1.29 is 14.1 Å². The molecule has 7 nitrogen and oxygen atoms in total. The summed E-state index contributed by atoms with van der Waals surface area (Å²) in [6.07, 6.45) is 2.39. The number of carbonyl (C=O) groups is 1. The summed E-state index contributed by atoms with van der Waals surface area (Å²) in [6, 6.07) is 1.84. The van der Waals surface area contributed by atoms with Crippen LogP contribution < -0.4 is 0 Å². The molecule has 1 fully saturated rings. The van der Waals surface area contributed by atoms with E-state index >= 15 is 0 Å². The summed E-state index contributed by atoms with van der Waals surface area (Å²) in [4.78, 5) is 22.2. The van der Waals surface area contributed by atoms with Crippen LogP contribution in [0.25, 0.3) is 0 Å². The lowest BCUT2D eigenvalue weighted by Crippen LogP contribution is -2.31. The van der Waals surface area contributed by atoms with E-state index in [1.54, 1.807) is 7.11 Å². The van der Waals surface area contributed by atoms with Gasteiger partial charge in [-0.05, 0) is 38.3 Å². The van der Waals surface area contributed by atoms with Gasteiger partial charge in [0, 0.05) is 25.8 Å². The maximum Gasteiger partial charge on any atom is 0.271 e. The zero-order chi connectivity index (χ0) is 16.4. The van der Waals surface area contributed by atoms with Crippen LogP contribution >= 0.6 is 0 Å². The topological polar surface area (TPSA) is 84.3 Å². The minimum Gasteiger partial charge on any atom is -0.384 e. The lowest BCUT2D eigenvalue weighted by molar-refractivity contribution is 0.0704. The lowest BCUT2D eigenvalue weighted by atomic mass is 10.2. The Labute approximate surface area is 135 Å². The molecule has 124 valence electrons. The second-order valence-corrected chi connectivity index (χ2v) is 5.96. The number of carbonyl (C=O) groups excluding carboxylic acids is 1. The van der Waals surface area contributed by atoms with Crippen molar-refractivity contribution in [3.05, 3.63) is 34.7 Å². The van der Waals surface area contributed by atoms with Crippen LogP contribution in [0, 0.1) is 13.8 Å². The van der Waals surface area contributed by atoms with Gasteiger partial charge < -0.3 is 19.1 Å². The molecule has 0 saturated carbocycles. The number of hydrogen-bond acceptors (Lipinski definition) is 5. The van der Waals surface area contributed by atoms with Crippen molar-refractivity contribution in [2.75, 3.05) is 20.3 Å². The molecule has 0 radical (unpaired) electrons. The number of nitrogens with one attached hydrogen (secondary N) is 1. The number of likely N-dealkylation sites (tertiary alicyclic amines) is 1. The van der Waals surface area contributed by atoms with E-state index in [4.69, 9.17) is 9.26 Å². The van der Waals surface area contributed by atoms with Gasteiger partial charge in [-0.3, -0.25) is 4.79 Å². The van der Waals surface area contributed by atoms with Gasteiger partial charge in [-0.25, -0.2) is 0 Å². The number of hydrogen-bond donors (Lipinski definition) is 1. The van der Waals surface area contributed by atoms with Crippen LogP contribution in [0.15, 0.2) is 10.6 Å². The van der Waals surface area contributed by atoms with Crippen LogP contribution in [0.4, 0.5) is 0 Å². The molecule has 0 aliphatic carbocycles. The van der Waals surface area contributed by atoms with Gasteiger partial charge in [0.1, 0.15) is 11.7 Å². The largest absolute Gasteiger partial charge is 0.384 e. The number of aromatic amines is 1. The fourth-order valence-electron chi connectivity index (χ4n) is 3.06. The number of rotatable bonds is 5. The zero-order valence-corrected chi connectivity index (χ0v) is 13.8. The van der Waals surface area contributed by atoms with Crippen molar-refractivity contribution >= 4 is 5.91 Å². The normalized spacial score (nSPS) is 17.9. The number of H-pyrrole nitrogens is 1. The first-order valence-electron chi connectivity index (χ1n) is 7.88. The molecule has 3 heterocycles. The van der Waals surface area contributed by atoms with Crippen molar-refractivity contribution in [1.82, 2.24) is 20.0 Å². The molecule has 23 heavy (non-hydrogen) atoms. The summed E-state index contributed by atoms with van der Waals surface area (Å²) < 4.78 is 10.4. The van der Waals surface area contributed by atoms with Crippen LogP contribution in [0.5, 0.6) is 0 Å². The summed E-state index contributed by atoms with van der Waals surface area (Å²) >= 11 is 0. The van der Waals surface area contributed by atoms with E-state index in [2.05, 4.69) is 15.1 Å². The van der Waals surface area contributed by atoms with Crippen LogP contribution in [0.3, 0.4) is 0 Å². The molecule has 3 rings (SSSR count). The highest BCUT2D eigenvalue weighted by atomic mass is 16.5. The fraction of sp³-hybridized carbons (Fsp3) is 0.562. The summed E-state index contributed by atoms with van der Waals surface area (Å²) in [5.74, 6) is 1.13. The van der Waals surface area contributed by atoms with Crippen molar-refractivity contribution in [1.29, 1.82) is 0 Å². The predicted octanol–water partition coefficient (Wildman–Crippen LogP) is 2.18. The van der Waals surface area contributed by atoms with Crippen molar-refractivity contribution in [2.45, 2.75) is 39.2 Å². The SMILES string of the molecule is COCCc1noc([C@@H]2CCCN2C(=O)c2[nH]c(C)cc2C)n1. The molecule has 1 aliphatic heterocycles. The maximum absolute atomic E-state index is 12.8. The highest BCUT2D eigenvalue weighted by molar-refractivity contribution is 5.94. The van der Waals surface area contributed by atoms with E-state index in [-0.39, 0.29) is 11.9 Å². The zero-order valence-electron chi connectivity index (χ0n) is 13.8. The molecule has 1 atom stereocenters. The second-order valence-electron chi connectivity index (χ2n) is 5.96. The van der Waals surface area contributed by atoms with Crippen molar-refractivity contribution in [3.63, 3.8) is 0 Å². The van der Waals surface area contributed by atoms with E-state index in [1.807, 2.05) is 24.8 Å². The molecular formula is C16H22N4O3. The minimum atomic E-state index is -0.144. The van der Waals surface area contributed by atoms with Gasteiger partial charge in [-0.1, -0.05) is 5.16 Å². The summed E-state index contributed by atoms with van der Waals surface area (Å²) in [6.45, 7) is 5.15. The Morgan fingerprint density at radius 2 is 2.35 bits per heavy atom. The van der Waals surface area contributed by atoms with E-state index in [1.165, 1.54) is 0 Å². The molecule has 7 heteroatoms. The lowest BCUT2D eigenvalue weighted by Gasteiger charge is -2.21. The molecule has 1 aliphatic rings. The minimum absolute atomic E-state index is 0.00487. The molecule has 1 amide bonds. The Bertz CT molecular complexity index is 691. The number of aromatic nitrogens is 3. The molecule has 0 spiro atoms. The highest BCUT2D eigenvalue weighted by Gasteiger charge is 2.35. The number of amides is 1. The smallest absolute Gasteiger partial charge is 0.271 e.